The van der Waals surface area contributed by atoms with Gasteiger partial charge in [0.25, 0.3) is 0 Å². The number of carbonyl (C=O) groups is 1. The van der Waals surface area contributed by atoms with Gasteiger partial charge < -0.3 is 4.42 Å². The van der Waals surface area contributed by atoms with Crippen molar-refractivity contribution in [1.82, 2.24) is 5.43 Å². The number of furan rings is 1. The lowest BCUT2D eigenvalue weighted by atomic mass is 10.1. The second kappa shape index (κ2) is 6.14. The summed E-state index contributed by atoms with van der Waals surface area (Å²) in [5, 5.41) is 3.97. The van der Waals surface area contributed by atoms with Gasteiger partial charge in [-0.15, -0.1) is 0 Å². The third kappa shape index (κ3) is 3.78. The average Bonchev–Trinajstić information content (AvgIpc) is 2.85. The fourth-order valence-electron chi connectivity index (χ4n) is 1.66. The van der Waals surface area contributed by atoms with Gasteiger partial charge in [0, 0.05) is 0 Å². The number of carbonyl (C=O) groups excluding carboxylic acids is 1. The van der Waals surface area contributed by atoms with Crippen molar-refractivity contribution in [1.29, 1.82) is 0 Å². The Balaban J connectivity index is 1.93. The van der Waals surface area contributed by atoms with Gasteiger partial charge in [-0.1, -0.05) is 12.1 Å². The summed E-state index contributed by atoms with van der Waals surface area (Å²) in [6.45, 7) is 3.58. The number of nitrogens with one attached hydrogen (secondary N) is 1. The Labute approximate surface area is 116 Å². The van der Waals surface area contributed by atoms with E-state index < -0.39 is 0 Å². The molecule has 0 aliphatic heterocycles. The molecule has 0 bridgehead atoms. The molecule has 1 aromatic carbocycles. The van der Waals surface area contributed by atoms with Crippen LogP contribution in [0.3, 0.4) is 0 Å². The van der Waals surface area contributed by atoms with Crippen molar-refractivity contribution < 1.29 is 13.6 Å². The number of hydrazone groups is 1. The number of hydrogen-bond donors (Lipinski definition) is 1. The van der Waals surface area contributed by atoms with Gasteiger partial charge in [0.15, 0.2) is 0 Å². The first-order valence-electron chi connectivity index (χ1n) is 6.19. The summed E-state index contributed by atoms with van der Waals surface area (Å²) in [6.07, 6.45) is 0.147. The highest BCUT2D eigenvalue weighted by Crippen LogP contribution is 2.07. The van der Waals surface area contributed by atoms with Crippen LogP contribution in [-0.2, 0) is 11.2 Å². The van der Waals surface area contributed by atoms with Gasteiger partial charge in [0.05, 0.1) is 6.42 Å². The maximum atomic E-state index is 12.7. The molecule has 104 valence electrons. The smallest absolute Gasteiger partial charge is 0.244 e. The standard InChI is InChI=1S/C15H15FN2O2/c1-10-3-8-14(20-10)11(2)17-18-15(19)9-12-4-6-13(16)7-5-12/h3-8H,9H2,1-2H3,(H,18,19)/b17-11+. The number of aryl methyl sites for hydroxylation is 1. The van der Waals surface area contributed by atoms with Crippen LogP contribution < -0.4 is 5.43 Å². The van der Waals surface area contributed by atoms with E-state index in [-0.39, 0.29) is 18.1 Å². The monoisotopic (exact) mass is 274 g/mol. The molecule has 1 N–H and O–H groups in total. The molecular weight excluding hydrogens is 259 g/mol. The average molecular weight is 274 g/mol. The van der Waals surface area contributed by atoms with Crippen LogP contribution in [0, 0.1) is 12.7 Å². The molecule has 2 rings (SSSR count). The highest BCUT2D eigenvalue weighted by molar-refractivity contribution is 5.96. The largest absolute Gasteiger partial charge is 0.460 e. The third-order valence-electron chi connectivity index (χ3n) is 2.72. The summed E-state index contributed by atoms with van der Waals surface area (Å²) < 4.78 is 18.1. The second-order valence-corrected chi connectivity index (χ2v) is 4.45. The highest BCUT2D eigenvalue weighted by atomic mass is 19.1. The van der Waals surface area contributed by atoms with Crippen molar-refractivity contribution in [2.45, 2.75) is 20.3 Å². The number of benzene rings is 1. The normalized spacial score (nSPS) is 11.4. The number of hydrogen-bond acceptors (Lipinski definition) is 3. The molecule has 0 aliphatic rings. The predicted molar refractivity (Wildman–Crippen MR) is 73.9 cm³/mol. The van der Waals surface area contributed by atoms with E-state index in [4.69, 9.17) is 4.42 Å². The third-order valence-corrected chi connectivity index (χ3v) is 2.72. The maximum absolute atomic E-state index is 12.7. The van der Waals surface area contributed by atoms with Gasteiger partial charge in [-0.2, -0.15) is 5.10 Å². The van der Waals surface area contributed by atoms with Gasteiger partial charge in [-0.05, 0) is 43.7 Å². The van der Waals surface area contributed by atoms with E-state index in [1.807, 2.05) is 13.0 Å². The lowest BCUT2D eigenvalue weighted by Crippen LogP contribution is -2.21. The number of nitrogens with zero attached hydrogens (tertiary/aromatic N) is 1. The number of rotatable bonds is 4. The van der Waals surface area contributed by atoms with E-state index in [0.29, 0.717) is 11.5 Å². The second-order valence-electron chi connectivity index (χ2n) is 4.45. The molecule has 1 heterocycles. The zero-order valence-corrected chi connectivity index (χ0v) is 11.3. The van der Waals surface area contributed by atoms with Crippen LogP contribution in [0.15, 0.2) is 45.9 Å². The van der Waals surface area contributed by atoms with Crippen molar-refractivity contribution >= 4 is 11.6 Å². The van der Waals surface area contributed by atoms with Crippen LogP contribution in [0.4, 0.5) is 4.39 Å². The van der Waals surface area contributed by atoms with Crippen LogP contribution in [0.1, 0.15) is 24.0 Å². The lowest BCUT2D eigenvalue weighted by molar-refractivity contribution is -0.120. The zero-order chi connectivity index (χ0) is 14.5. The van der Waals surface area contributed by atoms with Gasteiger partial charge >= 0.3 is 0 Å². The minimum atomic E-state index is -0.323. The molecule has 1 aromatic heterocycles. The Bertz CT molecular complexity index is 630. The fraction of sp³-hybridized carbons (Fsp3) is 0.200. The van der Waals surface area contributed by atoms with E-state index in [1.165, 1.54) is 12.1 Å². The fourth-order valence-corrected chi connectivity index (χ4v) is 1.66. The molecule has 0 fully saturated rings. The molecule has 2 aromatic rings. The molecule has 5 heteroatoms. The maximum Gasteiger partial charge on any atom is 0.244 e. The van der Waals surface area contributed by atoms with Crippen molar-refractivity contribution in [3.63, 3.8) is 0 Å². The molecule has 0 atom stereocenters. The van der Waals surface area contributed by atoms with Crippen LogP contribution in [0.5, 0.6) is 0 Å². The van der Waals surface area contributed by atoms with Crippen molar-refractivity contribution in [3.8, 4) is 0 Å². The minimum Gasteiger partial charge on any atom is -0.460 e. The first kappa shape index (κ1) is 14.0. The predicted octanol–water partition coefficient (Wildman–Crippen LogP) is 2.81. The molecular formula is C15H15FN2O2. The summed E-state index contributed by atoms with van der Waals surface area (Å²) in [5.74, 6) is 0.812. The van der Waals surface area contributed by atoms with Gasteiger partial charge in [-0.3, -0.25) is 4.79 Å². The lowest BCUT2D eigenvalue weighted by Gasteiger charge is -2.01. The topological polar surface area (TPSA) is 54.6 Å². The molecule has 0 saturated heterocycles. The summed E-state index contributed by atoms with van der Waals surface area (Å²) in [7, 11) is 0. The summed E-state index contributed by atoms with van der Waals surface area (Å²) >= 11 is 0. The van der Waals surface area contributed by atoms with Gasteiger partial charge in [0.2, 0.25) is 5.91 Å². The molecule has 4 nitrogen and oxygen atoms in total. The molecule has 0 radical (unpaired) electrons. The Kier molecular flexibility index (Phi) is 4.30. The summed E-state index contributed by atoms with van der Waals surface area (Å²) in [4.78, 5) is 11.7. The molecule has 0 spiro atoms. The van der Waals surface area contributed by atoms with Crippen molar-refractivity contribution in [2.24, 2.45) is 5.10 Å². The van der Waals surface area contributed by atoms with Crippen LogP contribution >= 0.6 is 0 Å². The molecule has 1 amide bonds. The van der Waals surface area contributed by atoms with Gasteiger partial charge in [-0.25, -0.2) is 9.82 Å². The molecule has 0 aliphatic carbocycles. The van der Waals surface area contributed by atoms with Crippen molar-refractivity contribution in [3.05, 3.63) is 59.3 Å². The van der Waals surface area contributed by atoms with Crippen LogP contribution in [0.25, 0.3) is 0 Å². The first-order chi connectivity index (χ1) is 9.54. The van der Waals surface area contributed by atoms with Gasteiger partial charge in [0.1, 0.15) is 23.0 Å². The molecule has 20 heavy (non-hydrogen) atoms. The SMILES string of the molecule is C/C(=N\NC(=O)Cc1ccc(F)cc1)c1ccc(C)o1. The summed E-state index contributed by atoms with van der Waals surface area (Å²) in [6, 6.07) is 9.41. The van der Waals surface area contributed by atoms with E-state index in [9.17, 15) is 9.18 Å². The van der Waals surface area contributed by atoms with E-state index in [2.05, 4.69) is 10.5 Å². The summed E-state index contributed by atoms with van der Waals surface area (Å²) in [5.41, 5.74) is 3.76. The number of halogens is 1. The Hall–Kier alpha value is -2.43. The molecule has 0 unspecified atom stereocenters. The zero-order valence-electron chi connectivity index (χ0n) is 11.3. The Morgan fingerprint density at radius 1 is 1.25 bits per heavy atom. The Morgan fingerprint density at radius 3 is 2.55 bits per heavy atom. The van der Waals surface area contributed by atoms with E-state index in [1.54, 1.807) is 25.1 Å². The van der Waals surface area contributed by atoms with Crippen LogP contribution in [0.2, 0.25) is 0 Å². The quantitative estimate of drug-likeness (QED) is 0.688. The van der Waals surface area contributed by atoms with E-state index >= 15 is 0 Å². The number of amides is 1. The minimum absolute atomic E-state index is 0.147. The highest BCUT2D eigenvalue weighted by Gasteiger charge is 2.05. The molecule has 0 saturated carbocycles. The van der Waals surface area contributed by atoms with Crippen LogP contribution in [-0.4, -0.2) is 11.6 Å². The first-order valence-corrected chi connectivity index (χ1v) is 6.19. The Morgan fingerprint density at radius 2 is 1.95 bits per heavy atom. The van der Waals surface area contributed by atoms with Crippen molar-refractivity contribution in [2.75, 3.05) is 0 Å². The van der Waals surface area contributed by atoms with E-state index in [0.717, 1.165) is 11.3 Å².